The Kier molecular flexibility index (Phi) is 8.93. The van der Waals surface area contributed by atoms with E-state index in [4.69, 9.17) is 16.7 Å². The van der Waals surface area contributed by atoms with Gasteiger partial charge in [0.15, 0.2) is 0 Å². The summed E-state index contributed by atoms with van der Waals surface area (Å²) in [6.07, 6.45) is 0. The zero-order chi connectivity index (χ0) is 17.1. The van der Waals surface area contributed by atoms with E-state index in [1.807, 2.05) is 0 Å². The van der Waals surface area contributed by atoms with Gasteiger partial charge in [-0.3, -0.25) is 9.59 Å². The van der Waals surface area contributed by atoms with E-state index >= 15 is 0 Å². The molecule has 0 aliphatic heterocycles. The fourth-order valence-electron chi connectivity index (χ4n) is 1.49. The van der Waals surface area contributed by atoms with Crippen molar-refractivity contribution in [2.24, 2.45) is 0 Å². The van der Waals surface area contributed by atoms with E-state index < -0.39 is 12.0 Å². The lowest BCUT2D eigenvalue weighted by Crippen LogP contribution is -2.42. The van der Waals surface area contributed by atoms with Crippen molar-refractivity contribution in [2.75, 3.05) is 24.6 Å². The minimum Gasteiger partial charge on any atom is -0.481 e. The van der Waals surface area contributed by atoms with Crippen molar-refractivity contribution in [2.45, 2.75) is 6.54 Å². The van der Waals surface area contributed by atoms with Crippen LogP contribution in [0.1, 0.15) is 5.56 Å². The molecule has 0 fully saturated rings. The third-order valence-corrected chi connectivity index (χ3v) is 3.77. The SMILES string of the molecule is O=C(O)CSCCNC(=O)CNC(=O)NCc1ccc(Cl)cc1. The number of benzene rings is 1. The second-order valence-electron chi connectivity index (χ2n) is 4.46. The number of urea groups is 1. The van der Waals surface area contributed by atoms with Crippen LogP contribution in [0, 0.1) is 0 Å². The van der Waals surface area contributed by atoms with Crippen LogP contribution < -0.4 is 16.0 Å². The van der Waals surface area contributed by atoms with Gasteiger partial charge in [0.25, 0.3) is 0 Å². The first-order chi connectivity index (χ1) is 11.0. The summed E-state index contributed by atoms with van der Waals surface area (Å²) >= 11 is 6.97. The smallest absolute Gasteiger partial charge is 0.315 e. The molecule has 3 amide bonds. The van der Waals surface area contributed by atoms with Crippen molar-refractivity contribution in [3.63, 3.8) is 0 Å². The molecule has 4 N–H and O–H groups in total. The molecule has 23 heavy (non-hydrogen) atoms. The summed E-state index contributed by atoms with van der Waals surface area (Å²) in [6.45, 7) is 0.539. The standard InChI is InChI=1S/C14H18ClN3O4S/c15-11-3-1-10(2-4-11)7-17-14(22)18-8-12(19)16-5-6-23-9-13(20)21/h1-4H,5-9H2,(H,16,19)(H,20,21)(H2,17,18,22). The highest BCUT2D eigenvalue weighted by molar-refractivity contribution is 7.99. The largest absolute Gasteiger partial charge is 0.481 e. The predicted molar refractivity (Wildman–Crippen MR) is 89.7 cm³/mol. The van der Waals surface area contributed by atoms with Crippen molar-refractivity contribution >= 4 is 41.3 Å². The lowest BCUT2D eigenvalue weighted by molar-refractivity contribution is -0.133. The normalized spacial score (nSPS) is 9.96. The number of hydrogen-bond acceptors (Lipinski definition) is 4. The number of carbonyl (C=O) groups is 3. The van der Waals surface area contributed by atoms with Gasteiger partial charge in [-0.25, -0.2) is 4.79 Å². The van der Waals surface area contributed by atoms with Crippen LogP contribution in [0.4, 0.5) is 4.79 Å². The van der Waals surface area contributed by atoms with Gasteiger partial charge in [0.05, 0.1) is 12.3 Å². The summed E-state index contributed by atoms with van der Waals surface area (Å²) in [5.41, 5.74) is 0.893. The lowest BCUT2D eigenvalue weighted by Gasteiger charge is -2.08. The average molecular weight is 360 g/mol. The summed E-state index contributed by atoms with van der Waals surface area (Å²) in [7, 11) is 0. The first-order valence-corrected chi connectivity index (χ1v) is 8.33. The maximum atomic E-state index is 11.5. The Morgan fingerprint density at radius 2 is 1.78 bits per heavy atom. The Morgan fingerprint density at radius 1 is 1.09 bits per heavy atom. The van der Waals surface area contributed by atoms with Crippen LogP contribution in [0.25, 0.3) is 0 Å². The second kappa shape index (κ2) is 10.7. The molecule has 1 aromatic rings. The third kappa shape index (κ3) is 9.64. The summed E-state index contributed by atoms with van der Waals surface area (Å²) in [5.74, 6) is -0.718. The van der Waals surface area contributed by atoms with E-state index in [0.29, 0.717) is 23.9 Å². The maximum Gasteiger partial charge on any atom is 0.315 e. The third-order valence-electron chi connectivity index (χ3n) is 2.57. The molecule has 0 radical (unpaired) electrons. The highest BCUT2D eigenvalue weighted by Crippen LogP contribution is 2.08. The van der Waals surface area contributed by atoms with Gasteiger partial charge in [-0.15, -0.1) is 11.8 Å². The summed E-state index contributed by atoms with van der Waals surface area (Å²) in [6, 6.07) is 6.60. The van der Waals surface area contributed by atoms with E-state index in [9.17, 15) is 14.4 Å². The van der Waals surface area contributed by atoms with Crippen LogP contribution in [-0.4, -0.2) is 47.6 Å². The van der Waals surface area contributed by atoms with Crippen molar-refractivity contribution in [3.8, 4) is 0 Å². The summed E-state index contributed by atoms with van der Waals surface area (Å²) in [4.78, 5) is 33.3. The molecular formula is C14H18ClN3O4S. The molecule has 0 unspecified atom stereocenters. The number of halogens is 1. The molecule has 0 atom stereocenters. The van der Waals surface area contributed by atoms with Crippen LogP contribution in [0.3, 0.4) is 0 Å². The van der Waals surface area contributed by atoms with Gasteiger partial charge in [0.2, 0.25) is 5.91 Å². The number of carbonyl (C=O) groups excluding carboxylic acids is 2. The first kappa shape index (κ1) is 19.1. The van der Waals surface area contributed by atoms with Gasteiger partial charge >= 0.3 is 12.0 Å². The average Bonchev–Trinajstić information content (AvgIpc) is 2.51. The first-order valence-electron chi connectivity index (χ1n) is 6.79. The molecule has 0 heterocycles. The molecule has 0 saturated heterocycles. The Hall–Kier alpha value is -1.93. The monoisotopic (exact) mass is 359 g/mol. The summed E-state index contributed by atoms with van der Waals surface area (Å²) < 4.78 is 0. The minimum atomic E-state index is -0.889. The van der Waals surface area contributed by atoms with E-state index in [1.54, 1.807) is 24.3 Å². The van der Waals surface area contributed by atoms with Gasteiger partial charge < -0.3 is 21.1 Å². The van der Waals surface area contributed by atoms with Crippen molar-refractivity contribution in [3.05, 3.63) is 34.9 Å². The van der Waals surface area contributed by atoms with E-state index in [0.717, 1.165) is 5.56 Å². The predicted octanol–water partition coefficient (Wildman–Crippen LogP) is 1.07. The number of amides is 3. The van der Waals surface area contributed by atoms with Crippen LogP contribution >= 0.6 is 23.4 Å². The molecule has 0 aliphatic rings. The number of aliphatic carboxylic acids is 1. The topological polar surface area (TPSA) is 108 Å². The van der Waals surface area contributed by atoms with Crippen molar-refractivity contribution < 1.29 is 19.5 Å². The molecule has 0 aromatic heterocycles. The zero-order valence-electron chi connectivity index (χ0n) is 12.3. The molecule has 9 heteroatoms. The van der Waals surface area contributed by atoms with Gasteiger partial charge in [-0.05, 0) is 17.7 Å². The van der Waals surface area contributed by atoms with E-state index in [2.05, 4.69) is 16.0 Å². The van der Waals surface area contributed by atoms with Crippen molar-refractivity contribution in [1.82, 2.24) is 16.0 Å². The van der Waals surface area contributed by atoms with Crippen LogP contribution in [0.5, 0.6) is 0 Å². The highest BCUT2D eigenvalue weighted by Gasteiger charge is 2.05. The number of hydrogen-bond donors (Lipinski definition) is 4. The minimum absolute atomic E-state index is 0.00121. The van der Waals surface area contributed by atoms with Gasteiger partial charge in [-0.1, -0.05) is 23.7 Å². The number of rotatable bonds is 9. The molecule has 0 aliphatic carbocycles. The van der Waals surface area contributed by atoms with E-state index in [-0.39, 0.29) is 18.2 Å². The zero-order valence-corrected chi connectivity index (χ0v) is 13.9. The summed E-state index contributed by atoms with van der Waals surface area (Å²) in [5, 5.41) is 16.7. The van der Waals surface area contributed by atoms with Gasteiger partial charge in [0, 0.05) is 23.9 Å². The molecule has 0 saturated carbocycles. The van der Waals surface area contributed by atoms with Gasteiger partial charge in [0.1, 0.15) is 0 Å². The Morgan fingerprint density at radius 3 is 2.43 bits per heavy atom. The van der Waals surface area contributed by atoms with Crippen molar-refractivity contribution in [1.29, 1.82) is 0 Å². The highest BCUT2D eigenvalue weighted by atomic mass is 35.5. The Bertz CT molecular complexity index is 539. The molecule has 7 nitrogen and oxygen atoms in total. The number of nitrogens with one attached hydrogen (secondary N) is 3. The molecule has 0 spiro atoms. The number of thioether (sulfide) groups is 1. The number of carboxylic acid groups (broad SMARTS) is 1. The molecule has 1 rings (SSSR count). The van der Waals surface area contributed by atoms with Crippen LogP contribution in [0.15, 0.2) is 24.3 Å². The maximum absolute atomic E-state index is 11.5. The van der Waals surface area contributed by atoms with Gasteiger partial charge in [-0.2, -0.15) is 0 Å². The molecular weight excluding hydrogens is 342 g/mol. The second-order valence-corrected chi connectivity index (χ2v) is 6.00. The Labute approximate surface area is 143 Å². The molecule has 126 valence electrons. The van der Waals surface area contributed by atoms with Crippen LogP contribution in [-0.2, 0) is 16.1 Å². The number of carboxylic acids is 1. The quantitative estimate of drug-likeness (QED) is 0.493. The molecule has 1 aromatic carbocycles. The fourth-order valence-corrected chi connectivity index (χ4v) is 2.18. The molecule has 0 bridgehead atoms. The Balaban J connectivity index is 2.09. The fraction of sp³-hybridized carbons (Fsp3) is 0.357. The van der Waals surface area contributed by atoms with Crippen LogP contribution in [0.2, 0.25) is 5.02 Å². The van der Waals surface area contributed by atoms with E-state index in [1.165, 1.54) is 11.8 Å². The lowest BCUT2D eigenvalue weighted by atomic mass is 10.2.